The average molecular weight is 349 g/mol. The molecular formula is C19H29ClN4. The van der Waals surface area contributed by atoms with Gasteiger partial charge in [-0.05, 0) is 44.2 Å². The van der Waals surface area contributed by atoms with Gasteiger partial charge in [-0.15, -0.1) is 0 Å². The number of rotatable bonds is 6. The minimum atomic E-state index is 0.718. The Morgan fingerprint density at radius 2 is 2.00 bits per heavy atom. The summed E-state index contributed by atoms with van der Waals surface area (Å²) in [5.41, 5.74) is 7.19. The number of hydrogen-bond acceptors (Lipinski definition) is 4. The molecule has 1 aliphatic heterocycles. The lowest BCUT2D eigenvalue weighted by atomic mass is 10.0. The average Bonchev–Trinajstić information content (AvgIpc) is 2.58. The highest BCUT2D eigenvalue weighted by Gasteiger charge is 2.16. The number of nitrogens with zero attached hydrogens (tertiary/aromatic N) is 2. The van der Waals surface area contributed by atoms with Crippen molar-refractivity contribution in [3.63, 3.8) is 0 Å². The number of allylic oxidation sites excluding steroid dienone is 2. The Labute approximate surface area is 150 Å². The summed E-state index contributed by atoms with van der Waals surface area (Å²) in [4.78, 5) is 4.80. The molecule has 24 heavy (non-hydrogen) atoms. The molecule has 3 N–H and O–H groups in total. The largest absolute Gasteiger partial charge is 0.369 e. The van der Waals surface area contributed by atoms with Crippen molar-refractivity contribution in [3.05, 3.63) is 52.2 Å². The zero-order chi connectivity index (χ0) is 17.5. The summed E-state index contributed by atoms with van der Waals surface area (Å²) < 4.78 is 0. The molecule has 5 heteroatoms. The SMILES string of the molecule is CCC/C=C(/C=C(/NN)c1cc(Cl)ccc1C)N1CCN(C)CC1. The Morgan fingerprint density at radius 3 is 2.62 bits per heavy atom. The normalized spacial score (nSPS) is 17.3. The maximum Gasteiger partial charge on any atom is 0.0581 e. The van der Waals surface area contributed by atoms with Crippen LogP contribution in [0, 0.1) is 6.92 Å². The van der Waals surface area contributed by atoms with Gasteiger partial charge in [-0.25, -0.2) is 0 Å². The number of nitrogens with two attached hydrogens (primary N) is 1. The highest BCUT2D eigenvalue weighted by molar-refractivity contribution is 6.30. The predicted octanol–water partition coefficient (Wildman–Crippen LogP) is 3.38. The number of benzene rings is 1. The van der Waals surface area contributed by atoms with Crippen molar-refractivity contribution in [3.8, 4) is 0 Å². The number of hydrazine groups is 1. The molecule has 1 saturated heterocycles. The van der Waals surface area contributed by atoms with Crippen LogP contribution >= 0.6 is 11.6 Å². The van der Waals surface area contributed by atoms with E-state index in [2.05, 4.69) is 48.3 Å². The molecule has 2 rings (SSSR count). The molecule has 0 aromatic heterocycles. The van der Waals surface area contributed by atoms with E-state index in [1.807, 2.05) is 18.2 Å². The fraction of sp³-hybridized carbons (Fsp3) is 0.474. The summed E-state index contributed by atoms with van der Waals surface area (Å²) >= 11 is 6.18. The highest BCUT2D eigenvalue weighted by atomic mass is 35.5. The summed E-state index contributed by atoms with van der Waals surface area (Å²) in [6.45, 7) is 8.51. The van der Waals surface area contributed by atoms with E-state index in [-0.39, 0.29) is 0 Å². The Balaban J connectivity index is 2.33. The molecule has 1 aromatic rings. The maximum atomic E-state index is 6.18. The molecule has 132 valence electrons. The van der Waals surface area contributed by atoms with E-state index in [1.165, 1.54) is 5.70 Å². The van der Waals surface area contributed by atoms with Gasteiger partial charge in [0.1, 0.15) is 0 Å². The smallest absolute Gasteiger partial charge is 0.0581 e. The van der Waals surface area contributed by atoms with Crippen LogP contribution in [0.25, 0.3) is 5.70 Å². The number of piperazine rings is 1. The van der Waals surface area contributed by atoms with Gasteiger partial charge in [0, 0.05) is 42.5 Å². The Kier molecular flexibility index (Phi) is 7.16. The van der Waals surface area contributed by atoms with Gasteiger partial charge in [0.25, 0.3) is 0 Å². The molecule has 0 saturated carbocycles. The van der Waals surface area contributed by atoms with E-state index in [4.69, 9.17) is 17.4 Å². The van der Waals surface area contributed by atoms with E-state index < -0.39 is 0 Å². The van der Waals surface area contributed by atoms with Crippen LogP contribution in [-0.4, -0.2) is 43.0 Å². The second-order valence-corrected chi connectivity index (χ2v) is 6.81. The molecule has 0 atom stereocenters. The summed E-state index contributed by atoms with van der Waals surface area (Å²) in [6, 6.07) is 5.89. The minimum Gasteiger partial charge on any atom is -0.369 e. The van der Waals surface area contributed by atoms with Crippen molar-refractivity contribution in [2.75, 3.05) is 33.2 Å². The molecular weight excluding hydrogens is 320 g/mol. The van der Waals surface area contributed by atoms with E-state index in [1.54, 1.807) is 0 Å². The fourth-order valence-electron chi connectivity index (χ4n) is 2.87. The maximum absolute atomic E-state index is 6.18. The first-order valence-electron chi connectivity index (χ1n) is 8.63. The Bertz CT molecular complexity index is 601. The van der Waals surface area contributed by atoms with Crippen molar-refractivity contribution >= 4 is 17.3 Å². The third kappa shape index (κ3) is 5.00. The highest BCUT2D eigenvalue weighted by Crippen LogP contribution is 2.23. The number of likely N-dealkylation sites (N-methyl/N-ethyl adjacent to an activating group) is 1. The molecule has 1 aliphatic rings. The van der Waals surface area contributed by atoms with Crippen LogP contribution in [0.2, 0.25) is 5.02 Å². The Hall–Kier alpha value is -1.49. The predicted molar refractivity (Wildman–Crippen MR) is 104 cm³/mol. The molecule has 1 aromatic carbocycles. The first kappa shape index (κ1) is 18.8. The zero-order valence-electron chi connectivity index (χ0n) is 15.0. The van der Waals surface area contributed by atoms with Crippen LogP contribution in [0.4, 0.5) is 0 Å². The molecule has 1 heterocycles. The van der Waals surface area contributed by atoms with Gasteiger partial charge in [0.2, 0.25) is 0 Å². The molecule has 0 aliphatic carbocycles. The van der Waals surface area contributed by atoms with Crippen molar-refractivity contribution in [1.29, 1.82) is 0 Å². The molecule has 0 amide bonds. The van der Waals surface area contributed by atoms with Crippen LogP contribution in [0.15, 0.2) is 36.0 Å². The molecule has 0 unspecified atom stereocenters. The van der Waals surface area contributed by atoms with E-state index in [0.717, 1.165) is 60.9 Å². The van der Waals surface area contributed by atoms with Gasteiger partial charge in [0.05, 0.1) is 5.70 Å². The van der Waals surface area contributed by atoms with Crippen LogP contribution < -0.4 is 11.3 Å². The number of aryl methyl sites for hydroxylation is 1. The van der Waals surface area contributed by atoms with Gasteiger partial charge in [0.15, 0.2) is 0 Å². The van der Waals surface area contributed by atoms with E-state index >= 15 is 0 Å². The first-order valence-corrected chi connectivity index (χ1v) is 9.01. The summed E-state index contributed by atoms with van der Waals surface area (Å²) in [5.74, 6) is 5.84. The number of unbranched alkanes of at least 4 members (excludes halogenated alkanes) is 1. The lowest BCUT2D eigenvalue weighted by Crippen LogP contribution is -2.43. The Morgan fingerprint density at radius 1 is 1.29 bits per heavy atom. The molecule has 0 radical (unpaired) electrons. The van der Waals surface area contributed by atoms with Crippen LogP contribution in [0.5, 0.6) is 0 Å². The van der Waals surface area contributed by atoms with Gasteiger partial charge in [-0.3, -0.25) is 5.84 Å². The topological polar surface area (TPSA) is 44.5 Å². The standard InChI is InChI=1S/C19H29ClN4/c1-4-5-6-17(24-11-9-23(3)10-12-24)14-19(22-21)18-13-16(20)8-7-15(18)2/h6-8,13-14,22H,4-5,9-12,21H2,1-3H3/b17-6-,19-14+. The third-order valence-electron chi connectivity index (χ3n) is 4.45. The molecule has 1 fully saturated rings. The van der Waals surface area contributed by atoms with Gasteiger partial charge >= 0.3 is 0 Å². The lowest BCUT2D eigenvalue weighted by Gasteiger charge is -2.35. The molecule has 0 bridgehead atoms. The van der Waals surface area contributed by atoms with Crippen LogP contribution in [-0.2, 0) is 0 Å². The first-order chi connectivity index (χ1) is 11.5. The van der Waals surface area contributed by atoms with E-state index in [9.17, 15) is 0 Å². The van der Waals surface area contributed by atoms with E-state index in [0.29, 0.717) is 0 Å². The minimum absolute atomic E-state index is 0.718. The van der Waals surface area contributed by atoms with Gasteiger partial charge < -0.3 is 15.2 Å². The van der Waals surface area contributed by atoms with Gasteiger partial charge in [-0.2, -0.15) is 0 Å². The second kappa shape index (κ2) is 9.11. The molecule has 0 spiro atoms. The second-order valence-electron chi connectivity index (χ2n) is 6.37. The summed E-state index contributed by atoms with van der Waals surface area (Å²) in [7, 11) is 2.17. The van der Waals surface area contributed by atoms with Crippen molar-refractivity contribution in [2.24, 2.45) is 5.84 Å². The zero-order valence-corrected chi connectivity index (χ0v) is 15.7. The van der Waals surface area contributed by atoms with Crippen molar-refractivity contribution in [2.45, 2.75) is 26.7 Å². The van der Waals surface area contributed by atoms with Crippen LogP contribution in [0.1, 0.15) is 30.9 Å². The summed E-state index contributed by atoms with van der Waals surface area (Å²) in [6.07, 6.45) is 6.65. The number of hydrogen-bond donors (Lipinski definition) is 2. The molecule has 4 nitrogen and oxygen atoms in total. The quantitative estimate of drug-likeness (QED) is 0.470. The van der Waals surface area contributed by atoms with Crippen molar-refractivity contribution < 1.29 is 0 Å². The lowest BCUT2D eigenvalue weighted by molar-refractivity contribution is 0.190. The third-order valence-corrected chi connectivity index (χ3v) is 4.68. The summed E-state index contributed by atoms with van der Waals surface area (Å²) in [5, 5.41) is 0.718. The van der Waals surface area contributed by atoms with Crippen LogP contribution in [0.3, 0.4) is 0 Å². The fourth-order valence-corrected chi connectivity index (χ4v) is 3.04. The van der Waals surface area contributed by atoms with Gasteiger partial charge in [-0.1, -0.05) is 37.1 Å². The van der Waals surface area contributed by atoms with Crippen molar-refractivity contribution in [1.82, 2.24) is 15.2 Å². The number of halogens is 1. The number of nitrogens with one attached hydrogen (secondary N) is 1. The monoisotopic (exact) mass is 348 g/mol.